The van der Waals surface area contributed by atoms with Crippen LogP contribution >= 0.6 is 0 Å². The molecule has 2 atom stereocenters. The highest BCUT2D eigenvalue weighted by Gasteiger charge is 2.40. The lowest BCUT2D eigenvalue weighted by atomic mass is 9.83. The van der Waals surface area contributed by atoms with Crippen LogP contribution in [0.25, 0.3) is 0 Å². The van der Waals surface area contributed by atoms with Gasteiger partial charge < -0.3 is 20.3 Å². The molecule has 31 heavy (non-hydrogen) atoms. The Morgan fingerprint density at radius 2 is 1.55 bits per heavy atom. The average Bonchev–Trinajstić information content (AvgIpc) is 3.00. The van der Waals surface area contributed by atoms with Gasteiger partial charge in [0.05, 0.1) is 6.61 Å². The SMILES string of the molecule is CC1(O)OC(=O)C=C1C(CCCCCCCCCCCCOC(N)=O)c1ccccc1. The van der Waals surface area contributed by atoms with Gasteiger partial charge in [-0.2, -0.15) is 0 Å². The predicted octanol–water partition coefficient (Wildman–Crippen LogP) is 5.35. The normalized spacial score (nSPS) is 19.0. The molecule has 0 saturated heterocycles. The summed E-state index contributed by atoms with van der Waals surface area (Å²) >= 11 is 0. The number of primary amides is 1. The quantitative estimate of drug-likeness (QED) is 0.288. The van der Waals surface area contributed by atoms with Crippen LogP contribution in [0.1, 0.15) is 89.0 Å². The molecule has 2 unspecified atom stereocenters. The topological polar surface area (TPSA) is 98.8 Å². The van der Waals surface area contributed by atoms with Crippen molar-refractivity contribution < 1.29 is 24.2 Å². The number of hydrogen-bond donors (Lipinski definition) is 2. The second-order valence-corrected chi connectivity index (χ2v) is 8.46. The molecule has 0 radical (unpaired) electrons. The molecule has 1 aliphatic rings. The molecule has 0 aromatic heterocycles. The first-order valence-corrected chi connectivity index (χ1v) is 11.5. The highest BCUT2D eigenvalue weighted by Crippen LogP contribution is 2.39. The Balaban J connectivity index is 1.62. The van der Waals surface area contributed by atoms with Crippen molar-refractivity contribution in [2.45, 2.75) is 89.3 Å². The fourth-order valence-corrected chi connectivity index (χ4v) is 4.19. The van der Waals surface area contributed by atoms with Crippen molar-refractivity contribution in [3.8, 4) is 0 Å². The minimum atomic E-state index is -1.52. The molecule has 1 aromatic carbocycles. The van der Waals surface area contributed by atoms with Gasteiger partial charge in [-0.25, -0.2) is 9.59 Å². The summed E-state index contributed by atoms with van der Waals surface area (Å²) in [5, 5.41) is 10.5. The zero-order chi connectivity index (χ0) is 22.5. The Hall–Kier alpha value is -2.34. The minimum absolute atomic E-state index is 0.0128. The molecular weight excluding hydrogens is 394 g/mol. The summed E-state index contributed by atoms with van der Waals surface area (Å²) in [5.74, 6) is -2.01. The second kappa shape index (κ2) is 13.2. The van der Waals surface area contributed by atoms with Gasteiger partial charge in [0, 0.05) is 24.5 Å². The molecule has 0 spiro atoms. The highest BCUT2D eigenvalue weighted by atomic mass is 16.7. The number of nitrogens with two attached hydrogens (primary N) is 1. The third-order valence-electron chi connectivity index (χ3n) is 5.82. The summed E-state index contributed by atoms with van der Waals surface area (Å²) < 4.78 is 9.80. The smallest absolute Gasteiger partial charge is 0.404 e. The van der Waals surface area contributed by atoms with Gasteiger partial charge in [0.25, 0.3) is 0 Å². The molecule has 2 rings (SSSR count). The van der Waals surface area contributed by atoms with Crippen molar-refractivity contribution in [3.05, 3.63) is 47.5 Å². The number of rotatable bonds is 15. The number of hydrogen-bond acceptors (Lipinski definition) is 5. The molecule has 6 nitrogen and oxygen atoms in total. The number of amides is 1. The third kappa shape index (κ3) is 9.13. The van der Waals surface area contributed by atoms with E-state index in [9.17, 15) is 14.7 Å². The highest BCUT2D eigenvalue weighted by molar-refractivity contribution is 5.86. The molecule has 1 aliphatic heterocycles. The average molecular weight is 432 g/mol. The van der Waals surface area contributed by atoms with Gasteiger partial charge in [0.2, 0.25) is 5.79 Å². The van der Waals surface area contributed by atoms with Crippen molar-refractivity contribution in [1.82, 2.24) is 0 Å². The van der Waals surface area contributed by atoms with E-state index in [2.05, 4.69) is 0 Å². The maximum atomic E-state index is 11.7. The summed E-state index contributed by atoms with van der Waals surface area (Å²) in [4.78, 5) is 22.2. The van der Waals surface area contributed by atoms with Crippen LogP contribution in [0.4, 0.5) is 4.79 Å². The number of carbonyl (C=O) groups is 2. The van der Waals surface area contributed by atoms with E-state index in [-0.39, 0.29) is 5.92 Å². The van der Waals surface area contributed by atoms with E-state index in [0.29, 0.717) is 12.2 Å². The number of benzene rings is 1. The molecule has 1 heterocycles. The van der Waals surface area contributed by atoms with Crippen molar-refractivity contribution in [2.24, 2.45) is 5.73 Å². The largest absolute Gasteiger partial charge is 0.450 e. The first-order valence-electron chi connectivity index (χ1n) is 11.5. The zero-order valence-corrected chi connectivity index (χ0v) is 18.7. The molecule has 0 aliphatic carbocycles. The summed E-state index contributed by atoms with van der Waals surface area (Å²) in [6.45, 7) is 1.97. The van der Waals surface area contributed by atoms with Crippen LogP contribution in [-0.2, 0) is 14.3 Å². The zero-order valence-electron chi connectivity index (χ0n) is 18.7. The monoisotopic (exact) mass is 431 g/mol. The number of esters is 1. The first-order chi connectivity index (χ1) is 14.9. The molecular formula is C25H37NO5. The molecule has 172 valence electrons. The standard InChI is InChI=1S/C25H37NO5/c1-25(29)22(19-23(27)31-25)21(20-15-11-10-12-16-20)17-13-8-6-4-2-3-5-7-9-14-18-30-24(26)28/h10-12,15-16,19,21,29H,2-9,13-14,17-18H2,1H3,(H2,26,28). The van der Waals surface area contributed by atoms with Gasteiger partial charge in [0.15, 0.2) is 0 Å². The van der Waals surface area contributed by atoms with Crippen LogP contribution in [0.3, 0.4) is 0 Å². The van der Waals surface area contributed by atoms with E-state index in [4.69, 9.17) is 15.2 Å². The van der Waals surface area contributed by atoms with E-state index in [1.807, 2.05) is 30.3 Å². The van der Waals surface area contributed by atoms with Crippen LogP contribution in [0, 0.1) is 0 Å². The van der Waals surface area contributed by atoms with Crippen molar-refractivity contribution >= 4 is 12.1 Å². The summed E-state index contributed by atoms with van der Waals surface area (Å²) in [6, 6.07) is 10.0. The lowest BCUT2D eigenvalue weighted by Gasteiger charge is -2.27. The fraction of sp³-hybridized carbons (Fsp3) is 0.600. The Morgan fingerprint density at radius 3 is 2.06 bits per heavy atom. The summed E-state index contributed by atoms with van der Waals surface area (Å²) in [5.41, 5.74) is 6.69. The first kappa shape index (κ1) is 24.9. The van der Waals surface area contributed by atoms with Gasteiger partial charge in [-0.05, 0) is 18.4 Å². The Labute approximate surface area is 185 Å². The van der Waals surface area contributed by atoms with Crippen LogP contribution in [0.5, 0.6) is 0 Å². The van der Waals surface area contributed by atoms with E-state index in [0.717, 1.165) is 44.1 Å². The van der Waals surface area contributed by atoms with E-state index < -0.39 is 17.8 Å². The van der Waals surface area contributed by atoms with Crippen LogP contribution in [0.15, 0.2) is 42.0 Å². The van der Waals surface area contributed by atoms with E-state index in [1.54, 1.807) is 6.92 Å². The number of cyclic esters (lactones) is 1. The van der Waals surface area contributed by atoms with E-state index in [1.165, 1.54) is 38.2 Å². The maximum absolute atomic E-state index is 11.7. The van der Waals surface area contributed by atoms with Crippen LogP contribution in [-0.4, -0.2) is 29.6 Å². The number of aliphatic hydroxyl groups is 1. The Kier molecular flexibility index (Phi) is 10.6. The second-order valence-electron chi connectivity index (χ2n) is 8.46. The lowest BCUT2D eigenvalue weighted by Crippen LogP contribution is -2.30. The van der Waals surface area contributed by atoms with Gasteiger partial charge in [-0.15, -0.1) is 0 Å². The van der Waals surface area contributed by atoms with Gasteiger partial charge in [0.1, 0.15) is 0 Å². The van der Waals surface area contributed by atoms with Crippen LogP contribution in [0.2, 0.25) is 0 Å². The van der Waals surface area contributed by atoms with E-state index >= 15 is 0 Å². The van der Waals surface area contributed by atoms with Crippen LogP contribution < -0.4 is 5.73 Å². The lowest BCUT2D eigenvalue weighted by molar-refractivity contribution is -0.175. The molecule has 0 saturated carbocycles. The van der Waals surface area contributed by atoms with Gasteiger partial charge in [-0.1, -0.05) is 88.1 Å². The van der Waals surface area contributed by atoms with Crippen molar-refractivity contribution in [2.75, 3.05) is 6.61 Å². The summed E-state index contributed by atoms with van der Waals surface area (Å²) in [6.07, 6.45) is 13.0. The predicted molar refractivity (Wildman–Crippen MR) is 120 cm³/mol. The Morgan fingerprint density at radius 1 is 1.00 bits per heavy atom. The van der Waals surface area contributed by atoms with Crippen molar-refractivity contribution in [3.63, 3.8) is 0 Å². The minimum Gasteiger partial charge on any atom is -0.450 e. The molecule has 0 bridgehead atoms. The summed E-state index contributed by atoms with van der Waals surface area (Å²) in [7, 11) is 0. The van der Waals surface area contributed by atoms with Gasteiger partial charge in [-0.3, -0.25) is 0 Å². The molecule has 0 fully saturated rings. The number of unbranched alkanes of at least 4 members (excludes halogenated alkanes) is 9. The third-order valence-corrected chi connectivity index (χ3v) is 5.82. The molecule has 1 aromatic rings. The maximum Gasteiger partial charge on any atom is 0.404 e. The van der Waals surface area contributed by atoms with Gasteiger partial charge >= 0.3 is 12.1 Å². The van der Waals surface area contributed by atoms with Crippen molar-refractivity contribution in [1.29, 1.82) is 0 Å². The molecule has 3 N–H and O–H groups in total. The Bertz CT molecular complexity index is 714. The molecule has 6 heteroatoms. The number of carbonyl (C=O) groups excluding carboxylic acids is 2. The molecule has 1 amide bonds. The number of ether oxygens (including phenoxy) is 2. The fourth-order valence-electron chi connectivity index (χ4n) is 4.19.